The van der Waals surface area contributed by atoms with Gasteiger partial charge < -0.3 is 23.7 Å². The summed E-state index contributed by atoms with van der Waals surface area (Å²) in [5.41, 5.74) is 0. The minimum atomic E-state index is -1.01. The van der Waals surface area contributed by atoms with Crippen LogP contribution in [0, 0.1) is 0 Å². The summed E-state index contributed by atoms with van der Waals surface area (Å²) in [5, 5.41) is 0. The second kappa shape index (κ2) is 8.47. The summed E-state index contributed by atoms with van der Waals surface area (Å²) in [6, 6.07) is 0. The van der Waals surface area contributed by atoms with Crippen LogP contribution in [-0.2, 0) is 42.9 Å². The number of carbonyl (C=O) groups excluding carboxylic acids is 4. The maximum Gasteiger partial charge on any atom is 0.304 e. The van der Waals surface area contributed by atoms with Gasteiger partial charge in [-0.2, -0.15) is 0 Å². The lowest BCUT2D eigenvalue weighted by Gasteiger charge is -2.39. The van der Waals surface area contributed by atoms with Crippen LogP contribution in [0.5, 0.6) is 0 Å². The molecule has 1 saturated heterocycles. The van der Waals surface area contributed by atoms with Gasteiger partial charge in [0.2, 0.25) is 6.29 Å². The Morgan fingerprint density at radius 2 is 1.43 bits per heavy atom. The highest BCUT2D eigenvalue weighted by Gasteiger charge is 2.44. The van der Waals surface area contributed by atoms with Crippen molar-refractivity contribution in [2.45, 2.75) is 58.7 Å². The van der Waals surface area contributed by atoms with Crippen molar-refractivity contribution in [1.29, 1.82) is 0 Å². The van der Waals surface area contributed by atoms with Gasteiger partial charge in [-0.1, -0.05) is 0 Å². The summed E-state index contributed by atoms with van der Waals surface area (Å²) in [7, 11) is 0. The van der Waals surface area contributed by atoms with Gasteiger partial charge in [0.05, 0.1) is 6.42 Å². The first-order valence-electron chi connectivity index (χ1n) is 6.99. The fourth-order valence-corrected chi connectivity index (χ4v) is 2.16. The Hall–Kier alpha value is -2.16. The van der Waals surface area contributed by atoms with Crippen LogP contribution in [0.3, 0.4) is 0 Å². The van der Waals surface area contributed by atoms with Gasteiger partial charge in [-0.05, 0) is 0 Å². The Labute approximate surface area is 133 Å². The predicted octanol–water partition coefficient (Wildman–Crippen LogP) is 0.0910. The van der Waals surface area contributed by atoms with Gasteiger partial charge in [0.25, 0.3) is 0 Å². The van der Waals surface area contributed by atoms with E-state index in [1.165, 1.54) is 27.7 Å². The molecule has 0 aliphatic carbocycles. The molecular weight excluding hydrogens is 312 g/mol. The third-order valence-electron chi connectivity index (χ3n) is 2.85. The highest BCUT2D eigenvalue weighted by atomic mass is 16.7. The van der Waals surface area contributed by atoms with Crippen LogP contribution in [0.15, 0.2) is 0 Å². The molecule has 0 bridgehead atoms. The van der Waals surface area contributed by atoms with Crippen LogP contribution in [0.2, 0.25) is 0 Å². The summed E-state index contributed by atoms with van der Waals surface area (Å²) < 4.78 is 25.6. The lowest BCUT2D eigenvalue weighted by Crippen LogP contribution is -2.54. The molecule has 0 saturated carbocycles. The van der Waals surface area contributed by atoms with E-state index < -0.39 is 48.5 Å². The van der Waals surface area contributed by atoms with Crippen LogP contribution in [0.25, 0.3) is 0 Å². The zero-order valence-corrected chi connectivity index (χ0v) is 13.4. The largest absolute Gasteiger partial charge is 0.463 e. The van der Waals surface area contributed by atoms with Crippen molar-refractivity contribution in [1.82, 2.24) is 0 Å². The molecule has 0 radical (unpaired) electrons. The number of rotatable bonds is 5. The summed E-state index contributed by atoms with van der Waals surface area (Å²) in [6.45, 7) is 4.54. The first-order valence-corrected chi connectivity index (χ1v) is 6.99. The first-order chi connectivity index (χ1) is 10.7. The molecule has 130 valence electrons. The zero-order chi connectivity index (χ0) is 17.6. The molecule has 4 atom stereocenters. The first kappa shape index (κ1) is 18.9. The standard InChI is InChI=1S/C14H20O9/c1-7(15)19-6-12-14(22-10(4)18)11(20-8(2)16)5-13(23-12)21-9(3)17/h11-14H,5-6H2,1-4H3/t11-,12-,13+,14+/m1/s1. The molecule has 1 fully saturated rings. The molecule has 0 aromatic carbocycles. The van der Waals surface area contributed by atoms with E-state index in [9.17, 15) is 19.2 Å². The quantitative estimate of drug-likeness (QED) is 0.510. The molecule has 1 rings (SSSR count). The van der Waals surface area contributed by atoms with Gasteiger partial charge in [-0.15, -0.1) is 0 Å². The lowest BCUT2D eigenvalue weighted by molar-refractivity contribution is -0.260. The molecule has 0 aromatic rings. The number of carbonyl (C=O) groups is 4. The van der Waals surface area contributed by atoms with Gasteiger partial charge >= 0.3 is 23.9 Å². The van der Waals surface area contributed by atoms with Gasteiger partial charge in [-0.3, -0.25) is 19.2 Å². The van der Waals surface area contributed by atoms with E-state index in [1.54, 1.807) is 0 Å². The second-order valence-electron chi connectivity index (χ2n) is 4.97. The molecule has 0 spiro atoms. The van der Waals surface area contributed by atoms with Crippen LogP contribution in [0.1, 0.15) is 34.1 Å². The number of hydrogen-bond donors (Lipinski definition) is 0. The van der Waals surface area contributed by atoms with Crippen LogP contribution in [0.4, 0.5) is 0 Å². The molecule has 1 aliphatic heterocycles. The number of ether oxygens (including phenoxy) is 5. The average Bonchev–Trinajstić information content (AvgIpc) is 2.37. The molecule has 9 nitrogen and oxygen atoms in total. The van der Waals surface area contributed by atoms with Gasteiger partial charge in [0.15, 0.2) is 6.10 Å². The van der Waals surface area contributed by atoms with Crippen LogP contribution < -0.4 is 0 Å². The van der Waals surface area contributed by atoms with Crippen molar-refractivity contribution >= 4 is 23.9 Å². The Balaban J connectivity index is 2.94. The van der Waals surface area contributed by atoms with E-state index in [-0.39, 0.29) is 13.0 Å². The molecule has 23 heavy (non-hydrogen) atoms. The predicted molar refractivity (Wildman–Crippen MR) is 72.8 cm³/mol. The van der Waals surface area contributed by atoms with E-state index in [0.717, 1.165) is 0 Å². The van der Waals surface area contributed by atoms with Gasteiger partial charge in [0, 0.05) is 27.7 Å². The second-order valence-corrected chi connectivity index (χ2v) is 4.97. The third-order valence-corrected chi connectivity index (χ3v) is 2.85. The smallest absolute Gasteiger partial charge is 0.304 e. The van der Waals surface area contributed by atoms with E-state index in [4.69, 9.17) is 23.7 Å². The molecule has 1 heterocycles. The summed E-state index contributed by atoms with van der Waals surface area (Å²) >= 11 is 0. The number of esters is 4. The number of hydrogen-bond acceptors (Lipinski definition) is 9. The fourth-order valence-electron chi connectivity index (χ4n) is 2.16. The Bertz CT molecular complexity index is 473. The van der Waals surface area contributed by atoms with Crippen molar-refractivity contribution in [3.8, 4) is 0 Å². The SMILES string of the molecule is CC(=O)OC[C@H]1O[C@H](OC(C)=O)C[C@@H](OC(C)=O)[C@@H]1OC(C)=O. The molecule has 9 heteroatoms. The molecule has 0 aromatic heterocycles. The Morgan fingerprint density at radius 3 is 1.91 bits per heavy atom. The molecule has 0 N–H and O–H groups in total. The maximum atomic E-state index is 11.3. The van der Waals surface area contributed by atoms with Gasteiger partial charge in [-0.25, -0.2) is 0 Å². The van der Waals surface area contributed by atoms with Crippen molar-refractivity contribution < 1.29 is 42.9 Å². The van der Waals surface area contributed by atoms with Crippen molar-refractivity contribution in [3.63, 3.8) is 0 Å². The lowest BCUT2D eigenvalue weighted by atomic mass is 10.0. The summed E-state index contributed by atoms with van der Waals surface area (Å²) in [5.74, 6) is -2.36. The average molecular weight is 332 g/mol. The monoisotopic (exact) mass is 332 g/mol. The molecular formula is C14H20O9. The zero-order valence-electron chi connectivity index (χ0n) is 13.4. The maximum absolute atomic E-state index is 11.3. The molecule has 1 aliphatic rings. The van der Waals surface area contributed by atoms with Crippen molar-refractivity contribution in [2.24, 2.45) is 0 Å². The third kappa shape index (κ3) is 6.64. The minimum Gasteiger partial charge on any atom is -0.463 e. The van der Waals surface area contributed by atoms with E-state index in [2.05, 4.69) is 0 Å². The summed E-state index contributed by atoms with van der Waals surface area (Å²) in [6.07, 6.45) is -3.83. The topological polar surface area (TPSA) is 114 Å². The van der Waals surface area contributed by atoms with Gasteiger partial charge in [0.1, 0.15) is 18.8 Å². The van der Waals surface area contributed by atoms with E-state index in [0.29, 0.717) is 0 Å². The Morgan fingerprint density at radius 1 is 0.870 bits per heavy atom. The fraction of sp³-hybridized carbons (Fsp3) is 0.714. The highest BCUT2D eigenvalue weighted by Crippen LogP contribution is 2.27. The van der Waals surface area contributed by atoms with E-state index >= 15 is 0 Å². The van der Waals surface area contributed by atoms with Crippen LogP contribution in [-0.4, -0.2) is 55.1 Å². The normalized spacial score (nSPS) is 26.8. The van der Waals surface area contributed by atoms with Crippen molar-refractivity contribution in [3.05, 3.63) is 0 Å². The van der Waals surface area contributed by atoms with E-state index in [1.807, 2.05) is 0 Å². The minimum absolute atomic E-state index is 0.00627. The molecule has 0 amide bonds. The molecule has 0 unspecified atom stereocenters. The Kier molecular flexibility index (Phi) is 6.95. The summed E-state index contributed by atoms with van der Waals surface area (Å²) in [4.78, 5) is 44.6. The van der Waals surface area contributed by atoms with Crippen LogP contribution >= 0.6 is 0 Å². The highest BCUT2D eigenvalue weighted by molar-refractivity contribution is 5.68. The van der Waals surface area contributed by atoms with Crippen molar-refractivity contribution in [2.75, 3.05) is 6.61 Å².